The molecule has 1 atom stereocenters. The van der Waals surface area contributed by atoms with Crippen LogP contribution in [0.2, 0.25) is 0 Å². The summed E-state index contributed by atoms with van der Waals surface area (Å²) < 4.78 is 7.93. The highest BCUT2D eigenvalue weighted by atomic mass is 16.5. The molecule has 0 spiro atoms. The monoisotopic (exact) mass is 330 g/mol. The third kappa shape index (κ3) is 4.30. The SMILES string of the molecule is CC(C)n1ccc(CN2CCO[C@@H](CN(C)c3cccnn3)C2)n1. The molecule has 0 aliphatic carbocycles. The molecule has 7 heteroatoms. The van der Waals surface area contributed by atoms with Crippen molar-refractivity contribution in [3.05, 3.63) is 36.3 Å². The van der Waals surface area contributed by atoms with Crippen molar-refractivity contribution in [2.75, 3.05) is 38.2 Å². The van der Waals surface area contributed by atoms with Crippen LogP contribution >= 0.6 is 0 Å². The van der Waals surface area contributed by atoms with Gasteiger partial charge < -0.3 is 9.64 Å². The highest BCUT2D eigenvalue weighted by Crippen LogP contribution is 2.13. The van der Waals surface area contributed by atoms with Gasteiger partial charge in [0, 0.05) is 51.7 Å². The molecule has 0 bridgehead atoms. The van der Waals surface area contributed by atoms with E-state index in [1.807, 2.05) is 23.9 Å². The standard InChI is InChI=1S/C17H26N6O/c1-14(2)23-8-6-15(20-23)11-22-9-10-24-16(13-22)12-21(3)17-5-4-7-18-19-17/h4-8,14,16H,9-13H2,1-3H3/t16-/m0/s1. The van der Waals surface area contributed by atoms with E-state index >= 15 is 0 Å². The van der Waals surface area contributed by atoms with Crippen LogP contribution in [0.15, 0.2) is 30.6 Å². The maximum Gasteiger partial charge on any atom is 0.151 e. The number of ether oxygens (including phenoxy) is 1. The first-order valence-electron chi connectivity index (χ1n) is 8.48. The van der Waals surface area contributed by atoms with Gasteiger partial charge >= 0.3 is 0 Å². The van der Waals surface area contributed by atoms with E-state index in [9.17, 15) is 0 Å². The summed E-state index contributed by atoms with van der Waals surface area (Å²) in [6, 6.07) is 6.37. The molecule has 2 aromatic heterocycles. The molecule has 0 saturated carbocycles. The van der Waals surface area contributed by atoms with Gasteiger partial charge in [-0.1, -0.05) is 0 Å². The summed E-state index contributed by atoms with van der Waals surface area (Å²) in [5, 5.41) is 12.7. The first kappa shape index (κ1) is 16.9. The van der Waals surface area contributed by atoms with Crippen LogP contribution in [-0.2, 0) is 11.3 Å². The molecule has 0 unspecified atom stereocenters. The van der Waals surface area contributed by atoms with E-state index in [0.717, 1.165) is 44.3 Å². The van der Waals surface area contributed by atoms with Crippen molar-refractivity contribution in [2.24, 2.45) is 0 Å². The van der Waals surface area contributed by atoms with Gasteiger partial charge in [0.1, 0.15) is 0 Å². The van der Waals surface area contributed by atoms with Gasteiger partial charge in [-0.05, 0) is 32.0 Å². The predicted molar refractivity (Wildman–Crippen MR) is 92.9 cm³/mol. The van der Waals surface area contributed by atoms with E-state index < -0.39 is 0 Å². The molecule has 0 aromatic carbocycles. The number of hydrogen-bond acceptors (Lipinski definition) is 6. The van der Waals surface area contributed by atoms with Crippen LogP contribution in [0, 0.1) is 0 Å². The zero-order valence-electron chi connectivity index (χ0n) is 14.7. The van der Waals surface area contributed by atoms with Gasteiger partial charge in [0.2, 0.25) is 0 Å². The van der Waals surface area contributed by atoms with Crippen LogP contribution in [0.1, 0.15) is 25.6 Å². The number of anilines is 1. The molecular formula is C17H26N6O. The Morgan fingerprint density at radius 3 is 2.96 bits per heavy atom. The molecule has 2 aromatic rings. The van der Waals surface area contributed by atoms with Crippen molar-refractivity contribution >= 4 is 5.82 Å². The minimum Gasteiger partial charge on any atom is -0.374 e. The third-order valence-corrected chi connectivity index (χ3v) is 4.23. The Balaban J connectivity index is 1.54. The smallest absolute Gasteiger partial charge is 0.151 e. The lowest BCUT2D eigenvalue weighted by atomic mass is 10.2. The third-order valence-electron chi connectivity index (χ3n) is 4.23. The Morgan fingerprint density at radius 1 is 1.38 bits per heavy atom. The van der Waals surface area contributed by atoms with E-state index in [-0.39, 0.29) is 6.10 Å². The minimum absolute atomic E-state index is 0.165. The summed E-state index contributed by atoms with van der Waals surface area (Å²) in [6.07, 6.45) is 3.91. The number of morpholine rings is 1. The molecule has 1 saturated heterocycles. The number of likely N-dealkylation sites (N-methyl/N-ethyl adjacent to an activating group) is 1. The number of hydrogen-bond donors (Lipinski definition) is 0. The van der Waals surface area contributed by atoms with Gasteiger partial charge in [-0.25, -0.2) is 0 Å². The van der Waals surface area contributed by atoms with E-state index in [1.54, 1.807) is 6.20 Å². The second kappa shape index (κ2) is 7.72. The predicted octanol–water partition coefficient (Wildman–Crippen LogP) is 1.59. The zero-order valence-corrected chi connectivity index (χ0v) is 14.7. The molecule has 1 aliphatic rings. The van der Waals surface area contributed by atoms with E-state index in [0.29, 0.717) is 6.04 Å². The maximum absolute atomic E-state index is 5.92. The molecule has 130 valence electrons. The van der Waals surface area contributed by atoms with Crippen molar-refractivity contribution in [2.45, 2.75) is 32.5 Å². The molecule has 1 aliphatic heterocycles. The fraction of sp³-hybridized carbons (Fsp3) is 0.588. The molecule has 0 N–H and O–H groups in total. The maximum atomic E-state index is 5.92. The van der Waals surface area contributed by atoms with Crippen molar-refractivity contribution in [1.82, 2.24) is 24.9 Å². The first-order chi connectivity index (χ1) is 11.6. The van der Waals surface area contributed by atoms with Crippen LogP contribution in [0.4, 0.5) is 5.82 Å². The Kier molecular flexibility index (Phi) is 5.42. The van der Waals surface area contributed by atoms with Gasteiger partial charge in [-0.2, -0.15) is 10.2 Å². The van der Waals surface area contributed by atoms with Gasteiger partial charge in [0.15, 0.2) is 5.82 Å². The Morgan fingerprint density at radius 2 is 2.25 bits per heavy atom. The summed E-state index contributed by atoms with van der Waals surface area (Å²) in [4.78, 5) is 4.50. The van der Waals surface area contributed by atoms with Gasteiger partial charge in [-0.15, -0.1) is 5.10 Å². The summed E-state index contributed by atoms with van der Waals surface area (Å²) in [6.45, 7) is 8.56. The minimum atomic E-state index is 0.165. The van der Waals surface area contributed by atoms with Gasteiger partial charge in [0.05, 0.1) is 18.4 Å². The topological polar surface area (TPSA) is 59.3 Å². The zero-order chi connectivity index (χ0) is 16.9. The number of nitrogens with zero attached hydrogens (tertiary/aromatic N) is 6. The van der Waals surface area contributed by atoms with Crippen molar-refractivity contribution in [3.63, 3.8) is 0 Å². The first-order valence-corrected chi connectivity index (χ1v) is 8.48. The molecule has 1 fully saturated rings. The van der Waals surface area contributed by atoms with Crippen LogP contribution in [0.3, 0.4) is 0 Å². The fourth-order valence-electron chi connectivity index (χ4n) is 2.91. The van der Waals surface area contributed by atoms with Gasteiger partial charge in [0.25, 0.3) is 0 Å². The molecule has 0 amide bonds. The van der Waals surface area contributed by atoms with Crippen LogP contribution < -0.4 is 4.90 Å². The highest BCUT2D eigenvalue weighted by Gasteiger charge is 2.23. The normalized spacial score (nSPS) is 18.9. The molecule has 24 heavy (non-hydrogen) atoms. The lowest BCUT2D eigenvalue weighted by molar-refractivity contribution is -0.0269. The van der Waals surface area contributed by atoms with E-state index in [2.05, 4.69) is 51.2 Å². The van der Waals surface area contributed by atoms with E-state index in [1.165, 1.54) is 0 Å². The molecular weight excluding hydrogens is 304 g/mol. The number of aromatic nitrogens is 4. The average molecular weight is 330 g/mol. The summed E-state index contributed by atoms with van der Waals surface area (Å²) in [5.74, 6) is 0.869. The fourth-order valence-corrected chi connectivity index (χ4v) is 2.91. The van der Waals surface area contributed by atoms with Crippen molar-refractivity contribution in [1.29, 1.82) is 0 Å². The second-order valence-electron chi connectivity index (χ2n) is 6.57. The Labute approximate surface area is 143 Å². The quantitative estimate of drug-likeness (QED) is 0.802. The summed E-state index contributed by atoms with van der Waals surface area (Å²) in [7, 11) is 2.02. The van der Waals surface area contributed by atoms with Crippen LogP contribution in [-0.4, -0.2) is 64.3 Å². The largest absolute Gasteiger partial charge is 0.374 e. The van der Waals surface area contributed by atoms with Crippen molar-refractivity contribution in [3.8, 4) is 0 Å². The summed E-state index contributed by atoms with van der Waals surface area (Å²) >= 11 is 0. The van der Waals surface area contributed by atoms with E-state index in [4.69, 9.17) is 4.74 Å². The lowest BCUT2D eigenvalue weighted by Gasteiger charge is -2.34. The molecule has 0 radical (unpaired) electrons. The lowest BCUT2D eigenvalue weighted by Crippen LogP contribution is -2.46. The molecule has 3 heterocycles. The Bertz CT molecular complexity index is 629. The summed E-state index contributed by atoms with van der Waals surface area (Å²) in [5.41, 5.74) is 1.12. The Hall–Kier alpha value is -1.99. The molecule has 3 rings (SSSR count). The van der Waals surface area contributed by atoms with Crippen LogP contribution in [0.25, 0.3) is 0 Å². The van der Waals surface area contributed by atoms with Crippen molar-refractivity contribution < 1.29 is 4.74 Å². The molecule has 7 nitrogen and oxygen atoms in total. The highest BCUT2D eigenvalue weighted by molar-refractivity contribution is 5.35. The average Bonchev–Trinajstić information content (AvgIpc) is 3.05. The second-order valence-corrected chi connectivity index (χ2v) is 6.57. The van der Waals surface area contributed by atoms with Gasteiger partial charge in [-0.3, -0.25) is 9.58 Å². The number of rotatable bonds is 6. The van der Waals surface area contributed by atoms with Crippen LogP contribution in [0.5, 0.6) is 0 Å².